The monoisotopic (exact) mass is 318 g/mol. The number of benzene rings is 1. The average molecular weight is 318 g/mol. The van der Waals surface area contributed by atoms with Gasteiger partial charge in [0.2, 0.25) is 5.91 Å². The SMILES string of the molecule is CC(=O)OC(C(C)C)N1C[C@H](N(C(C)=O)c2ccccc2)C1=O. The highest BCUT2D eigenvalue weighted by atomic mass is 16.6. The van der Waals surface area contributed by atoms with E-state index in [4.69, 9.17) is 4.74 Å². The molecule has 0 bridgehead atoms. The summed E-state index contributed by atoms with van der Waals surface area (Å²) in [6, 6.07) is 8.54. The number of hydrogen-bond donors (Lipinski definition) is 0. The van der Waals surface area contributed by atoms with Crippen molar-refractivity contribution in [1.29, 1.82) is 0 Å². The van der Waals surface area contributed by atoms with E-state index in [9.17, 15) is 14.4 Å². The van der Waals surface area contributed by atoms with E-state index >= 15 is 0 Å². The molecule has 1 heterocycles. The van der Waals surface area contributed by atoms with E-state index in [1.807, 2.05) is 32.0 Å². The number of ether oxygens (including phenoxy) is 1. The zero-order valence-electron chi connectivity index (χ0n) is 13.9. The Morgan fingerprint density at radius 2 is 1.83 bits per heavy atom. The number of rotatable bonds is 5. The number of likely N-dealkylation sites (tertiary alicyclic amines) is 1. The van der Waals surface area contributed by atoms with Gasteiger partial charge in [-0.3, -0.25) is 19.3 Å². The van der Waals surface area contributed by atoms with Gasteiger partial charge >= 0.3 is 5.97 Å². The third-order valence-corrected chi connectivity index (χ3v) is 3.79. The highest BCUT2D eigenvalue weighted by molar-refractivity contribution is 6.02. The predicted molar refractivity (Wildman–Crippen MR) is 85.5 cm³/mol. The van der Waals surface area contributed by atoms with Crippen LogP contribution in [0.3, 0.4) is 0 Å². The molecule has 0 spiro atoms. The lowest BCUT2D eigenvalue weighted by atomic mass is 10.0. The summed E-state index contributed by atoms with van der Waals surface area (Å²) in [4.78, 5) is 38.8. The van der Waals surface area contributed by atoms with Gasteiger partial charge in [-0.1, -0.05) is 32.0 Å². The Morgan fingerprint density at radius 1 is 1.22 bits per heavy atom. The molecule has 1 aromatic carbocycles. The highest BCUT2D eigenvalue weighted by Gasteiger charge is 2.47. The summed E-state index contributed by atoms with van der Waals surface area (Å²) in [6.45, 7) is 6.88. The Kier molecular flexibility index (Phi) is 5.03. The number of β-lactam (4-membered cyclic amide) rings is 1. The molecule has 6 heteroatoms. The van der Waals surface area contributed by atoms with Crippen molar-refractivity contribution >= 4 is 23.5 Å². The van der Waals surface area contributed by atoms with Gasteiger partial charge in [-0.15, -0.1) is 0 Å². The summed E-state index contributed by atoms with van der Waals surface area (Å²) >= 11 is 0. The van der Waals surface area contributed by atoms with Gasteiger partial charge in [0.1, 0.15) is 6.04 Å². The molecule has 23 heavy (non-hydrogen) atoms. The minimum atomic E-state index is -0.596. The largest absolute Gasteiger partial charge is 0.441 e. The van der Waals surface area contributed by atoms with E-state index in [1.54, 1.807) is 12.1 Å². The van der Waals surface area contributed by atoms with Gasteiger partial charge in [0.15, 0.2) is 6.23 Å². The average Bonchev–Trinajstić information content (AvgIpc) is 2.49. The first-order chi connectivity index (χ1) is 10.8. The van der Waals surface area contributed by atoms with Crippen LogP contribution in [0.1, 0.15) is 27.7 Å². The molecular formula is C17H22N2O4. The fraction of sp³-hybridized carbons (Fsp3) is 0.471. The summed E-state index contributed by atoms with van der Waals surface area (Å²) in [7, 11) is 0. The van der Waals surface area contributed by atoms with Crippen LogP contribution in [0, 0.1) is 5.92 Å². The molecule has 0 radical (unpaired) electrons. The second-order valence-corrected chi connectivity index (χ2v) is 5.97. The maximum absolute atomic E-state index is 12.5. The summed E-state index contributed by atoms with van der Waals surface area (Å²) in [6.07, 6.45) is -0.596. The number of nitrogens with zero attached hydrogens (tertiary/aromatic N) is 2. The molecule has 6 nitrogen and oxygen atoms in total. The first-order valence-corrected chi connectivity index (χ1v) is 7.65. The van der Waals surface area contributed by atoms with Crippen molar-refractivity contribution in [3.8, 4) is 0 Å². The number of anilines is 1. The Hall–Kier alpha value is -2.37. The summed E-state index contributed by atoms with van der Waals surface area (Å²) in [5.41, 5.74) is 0.687. The molecule has 0 saturated carbocycles. The van der Waals surface area contributed by atoms with Gasteiger partial charge in [0.25, 0.3) is 5.91 Å². The third kappa shape index (κ3) is 3.52. The predicted octanol–water partition coefficient (Wildman–Crippen LogP) is 1.80. The molecule has 1 fully saturated rings. The van der Waals surface area contributed by atoms with Gasteiger partial charge in [0, 0.05) is 25.5 Å². The molecule has 0 N–H and O–H groups in total. The number of carbonyl (C=O) groups excluding carboxylic acids is 3. The first kappa shape index (κ1) is 17.0. The van der Waals surface area contributed by atoms with Gasteiger partial charge in [-0.25, -0.2) is 0 Å². The summed E-state index contributed by atoms with van der Waals surface area (Å²) in [5, 5.41) is 0. The van der Waals surface area contributed by atoms with Crippen molar-refractivity contribution in [2.45, 2.75) is 40.0 Å². The molecule has 2 rings (SSSR count). The molecule has 124 valence electrons. The number of para-hydroxylation sites is 1. The molecule has 1 aromatic rings. The van der Waals surface area contributed by atoms with E-state index in [0.717, 1.165) is 0 Å². The van der Waals surface area contributed by atoms with E-state index in [2.05, 4.69) is 0 Å². The van der Waals surface area contributed by atoms with Crippen molar-refractivity contribution in [1.82, 2.24) is 4.90 Å². The van der Waals surface area contributed by atoms with Crippen LogP contribution in [0.2, 0.25) is 0 Å². The first-order valence-electron chi connectivity index (χ1n) is 7.65. The maximum Gasteiger partial charge on any atom is 0.304 e. The van der Waals surface area contributed by atoms with Crippen molar-refractivity contribution in [2.24, 2.45) is 5.92 Å². The van der Waals surface area contributed by atoms with E-state index in [0.29, 0.717) is 12.2 Å². The Labute approximate surface area is 136 Å². The van der Waals surface area contributed by atoms with Crippen molar-refractivity contribution in [2.75, 3.05) is 11.4 Å². The van der Waals surface area contributed by atoms with Crippen molar-refractivity contribution in [3.63, 3.8) is 0 Å². The van der Waals surface area contributed by atoms with Gasteiger partial charge in [-0.2, -0.15) is 0 Å². The van der Waals surface area contributed by atoms with E-state index in [-0.39, 0.29) is 17.7 Å². The summed E-state index contributed by atoms with van der Waals surface area (Å²) < 4.78 is 5.24. The molecule has 0 aliphatic carbocycles. The lowest BCUT2D eigenvalue weighted by Gasteiger charge is -2.47. The topological polar surface area (TPSA) is 66.9 Å². The lowest BCUT2D eigenvalue weighted by Crippen LogP contribution is -2.68. The van der Waals surface area contributed by atoms with Crippen molar-refractivity contribution in [3.05, 3.63) is 30.3 Å². The van der Waals surface area contributed by atoms with Gasteiger partial charge in [0.05, 0.1) is 6.54 Å². The van der Waals surface area contributed by atoms with Crippen LogP contribution in [0.15, 0.2) is 30.3 Å². The minimum Gasteiger partial charge on any atom is -0.441 e. The molecule has 1 saturated heterocycles. The molecule has 1 aliphatic heterocycles. The molecule has 0 aromatic heterocycles. The lowest BCUT2D eigenvalue weighted by molar-refractivity contribution is -0.178. The van der Waals surface area contributed by atoms with Crippen LogP contribution in [0.25, 0.3) is 0 Å². The maximum atomic E-state index is 12.5. The second kappa shape index (κ2) is 6.81. The van der Waals surface area contributed by atoms with E-state index in [1.165, 1.54) is 23.6 Å². The standard InChI is InChI=1S/C17H22N2O4/c1-11(2)17(23-13(4)21)18-10-15(16(18)22)19(12(3)20)14-8-6-5-7-9-14/h5-9,11,15,17H,10H2,1-4H3/t15-,17?/m0/s1. The number of hydrogen-bond acceptors (Lipinski definition) is 4. The minimum absolute atomic E-state index is 0.0219. The van der Waals surface area contributed by atoms with Crippen LogP contribution in [-0.2, 0) is 19.1 Å². The van der Waals surface area contributed by atoms with Crippen LogP contribution < -0.4 is 4.90 Å². The van der Waals surface area contributed by atoms with E-state index < -0.39 is 18.2 Å². The Balaban J connectivity index is 2.16. The van der Waals surface area contributed by atoms with Crippen LogP contribution >= 0.6 is 0 Å². The number of amides is 2. The van der Waals surface area contributed by atoms with Crippen LogP contribution in [-0.4, -0.2) is 41.5 Å². The second-order valence-electron chi connectivity index (χ2n) is 5.97. The van der Waals surface area contributed by atoms with Gasteiger partial charge in [-0.05, 0) is 12.1 Å². The molecule has 1 aliphatic rings. The third-order valence-electron chi connectivity index (χ3n) is 3.79. The fourth-order valence-electron chi connectivity index (χ4n) is 2.75. The zero-order chi connectivity index (χ0) is 17.1. The fourth-order valence-corrected chi connectivity index (χ4v) is 2.75. The molecule has 1 unspecified atom stereocenters. The molecule has 2 amide bonds. The number of carbonyl (C=O) groups is 3. The smallest absolute Gasteiger partial charge is 0.304 e. The Bertz CT molecular complexity index is 600. The zero-order valence-corrected chi connectivity index (χ0v) is 13.9. The Morgan fingerprint density at radius 3 is 2.26 bits per heavy atom. The summed E-state index contributed by atoms with van der Waals surface area (Å²) in [5.74, 6) is -0.843. The van der Waals surface area contributed by atoms with Gasteiger partial charge < -0.3 is 9.64 Å². The highest BCUT2D eigenvalue weighted by Crippen LogP contribution is 2.28. The normalized spacial score (nSPS) is 18.4. The number of esters is 1. The molecule has 2 atom stereocenters. The van der Waals surface area contributed by atoms with Crippen LogP contribution in [0.5, 0.6) is 0 Å². The van der Waals surface area contributed by atoms with Crippen LogP contribution in [0.4, 0.5) is 5.69 Å². The quantitative estimate of drug-likeness (QED) is 0.613. The molecular weight excluding hydrogens is 296 g/mol. The van der Waals surface area contributed by atoms with Crippen molar-refractivity contribution < 1.29 is 19.1 Å².